The molecular formula is C34H73N4O4P. The number of rotatable bonds is 33. The van der Waals surface area contributed by atoms with Crippen LogP contribution in [0.15, 0.2) is 0 Å². The third-order valence-electron chi connectivity index (χ3n) is 7.81. The Morgan fingerprint density at radius 2 is 1.07 bits per heavy atom. The summed E-state index contributed by atoms with van der Waals surface area (Å²) in [5, 5.41) is 6.30. The van der Waals surface area contributed by atoms with Gasteiger partial charge in [0.15, 0.2) is 0 Å². The van der Waals surface area contributed by atoms with E-state index < -0.39 is 7.67 Å². The SMILES string of the molecule is CCCCCCCCC(CCCCCCCC)OC(=O)CCCCCCOP(=O)(NCCCN(C)C)NCCCN(C)C. The van der Waals surface area contributed by atoms with Gasteiger partial charge in [-0.25, -0.2) is 10.2 Å². The number of ether oxygens (including phenoxy) is 1. The maximum absolute atomic E-state index is 13.3. The van der Waals surface area contributed by atoms with Crippen molar-refractivity contribution < 1.29 is 18.6 Å². The zero-order chi connectivity index (χ0) is 32.0. The number of unbranched alkanes of at least 4 members (excludes halogenated alkanes) is 13. The van der Waals surface area contributed by atoms with Gasteiger partial charge in [-0.3, -0.25) is 9.36 Å². The average Bonchev–Trinajstić information content (AvgIpc) is 2.96. The molecule has 0 aromatic carbocycles. The van der Waals surface area contributed by atoms with Crippen LogP contribution in [0.2, 0.25) is 0 Å². The van der Waals surface area contributed by atoms with Crippen molar-refractivity contribution in [2.24, 2.45) is 0 Å². The molecule has 0 amide bonds. The minimum absolute atomic E-state index is 0.0356. The van der Waals surface area contributed by atoms with Crippen molar-refractivity contribution in [2.45, 2.75) is 155 Å². The molecule has 0 unspecified atom stereocenters. The number of carbonyl (C=O) groups is 1. The minimum atomic E-state index is -3.07. The lowest BCUT2D eigenvalue weighted by Crippen LogP contribution is -2.29. The maximum atomic E-state index is 13.3. The highest BCUT2D eigenvalue weighted by Crippen LogP contribution is 2.37. The molecule has 0 saturated heterocycles. The minimum Gasteiger partial charge on any atom is -0.462 e. The lowest BCUT2D eigenvalue weighted by molar-refractivity contribution is -0.150. The van der Waals surface area contributed by atoms with Gasteiger partial charge in [-0.2, -0.15) is 0 Å². The Kier molecular flexibility index (Phi) is 29.8. The van der Waals surface area contributed by atoms with Gasteiger partial charge in [0.1, 0.15) is 6.10 Å². The molecule has 0 fully saturated rings. The van der Waals surface area contributed by atoms with Gasteiger partial charge in [-0.1, -0.05) is 90.9 Å². The lowest BCUT2D eigenvalue weighted by Gasteiger charge is -2.21. The van der Waals surface area contributed by atoms with Gasteiger partial charge in [0.25, 0.3) is 0 Å². The molecule has 43 heavy (non-hydrogen) atoms. The molecule has 8 nitrogen and oxygen atoms in total. The highest BCUT2D eigenvalue weighted by atomic mass is 31.2. The van der Waals surface area contributed by atoms with Crippen LogP contribution in [-0.2, 0) is 18.6 Å². The Morgan fingerprint density at radius 1 is 0.628 bits per heavy atom. The zero-order valence-corrected chi connectivity index (χ0v) is 30.3. The first-order valence-corrected chi connectivity index (χ1v) is 19.6. The molecule has 0 radical (unpaired) electrons. The molecule has 0 heterocycles. The summed E-state index contributed by atoms with van der Waals surface area (Å²) in [7, 11) is 5.10. The normalized spacial score (nSPS) is 12.2. The monoisotopic (exact) mass is 633 g/mol. The van der Waals surface area contributed by atoms with Crippen molar-refractivity contribution in [3.8, 4) is 0 Å². The largest absolute Gasteiger partial charge is 0.462 e. The zero-order valence-electron chi connectivity index (χ0n) is 29.4. The number of hydrogen-bond donors (Lipinski definition) is 2. The predicted octanol–water partition coefficient (Wildman–Crippen LogP) is 8.56. The number of nitrogens with one attached hydrogen (secondary N) is 2. The van der Waals surface area contributed by atoms with Gasteiger partial charge in [-0.05, 0) is 92.6 Å². The molecule has 0 atom stereocenters. The topological polar surface area (TPSA) is 83.1 Å². The molecule has 0 rings (SSSR count). The van der Waals surface area contributed by atoms with Gasteiger partial charge in [0, 0.05) is 19.5 Å². The van der Waals surface area contributed by atoms with E-state index in [4.69, 9.17) is 9.26 Å². The molecule has 0 aromatic rings. The molecule has 0 aliphatic heterocycles. The summed E-state index contributed by atoms with van der Waals surface area (Å²) in [6, 6.07) is 0. The standard InChI is InChI=1S/C34H73N4O4P/c1-7-9-11-13-15-19-25-33(26-20-16-14-12-10-8-2)42-34(39)27-21-17-18-22-32-41-43(40,35-28-23-30-37(3)4)36-29-24-31-38(5)6/h33H,7-32H2,1-6H3,(H2,35,36,40). The van der Waals surface area contributed by atoms with Crippen molar-refractivity contribution in [1.82, 2.24) is 20.0 Å². The first-order valence-electron chi connectivity index (χ1n) is 18.0. The second-order valence-electron chi connectivity index (χ2n) is 12.9. The Bertz CT molecular complexity index is 630. The second-order valence-corrected chi connectivity index (χ2v) is 14.9. The fourth-order valence-electron chi connectivity index (χ4n) is 5.12. The van der Waals surface area contributed by atoms with Crippen LogP contribution in [0, 0.1) is 0 Å². The number of carbonyl (C=O) groups excluding carboxylic acids is 1. The fraction of sp³-hybridized carbons (Fsp3) is 0.971. The van der Waals surface area contributed by atoms with Crippen LogP contribution in [-0.4, -0.2) is 82.8 Å². The average molecular weight is 633 g/mol. The third-order valence-corrected chi connectivity index (χ3v) is 9.64. The van der Waals surface area contributed by atoms with E-state index in [-0.39, 0.29) is 12.1 Å². The summed E-state index contributed by atoms with van der Waals surface area (Å²) in [6.45, 7) is 8.13. The van der Waals surface area contributed by atoms with E-state index in [0.717, 1.165) is 77.3 Å². The van der Waals surface area contributed by atoms with E-state index >= 15 is 0 Å². The maximum Gasteiger partial charge on any atom is 0.340 e. The van der Waals surface area contributed by atoms with E-state index in [1.54, 1.807) is 0 Å². The fourth-order valence-corrected chi connectivity index (χ4v) is 6.71. The molecule has 0 saturated carbocycles. The summed E-state index contributed by atoms with van der Waals surface area (Å²) in [5.41, 5.74) is 0. The van der Waals surface area contributed by atoms with Gasteiger partial charge in [0.2, 0.25) is 0 Å². The third kappa shape index (κ3) is 29.9. The number of esters is 1. The molecular weight excluding hydrogens is 559 g/mol. The Morgan fingerprint density at radius 3 is 1.56 bits per heavy atom. The molecule has 0 spiro atoms. The van der Waals surface area contributed by atoms with E-state index in [2.05, 4.69) is 33.8 Å². The first-order chi connectivity index (χ1) is 20.7. The van der Waals surface area contributed by atoms with Crippen LogP contribution in [0.5, 0.6) is 0 Å². The molecule has 0 aliphatic rings. The quantitative estimate of drug-likeness (QED) is 0.0423. The Hall–Kier alpha value is -0.500. The highest BCUT2D eigenvalue weighted by molar-refractivity contribution is 7.54. The number of hydrogen-bond acceptors (Lipinski definition) is 6. The van der Waals surface area contributed by atoms with Crippen molar-refractivity contribution in [3.05, 3.63) is 0 Å². The molecule has 0 bridgehead atoms. The van der Waals surface area contributed by atoms with Crippen LogP contribution in [0.4, 0.5) is 0 Å². The Labute approximate surface area is 267 Å². The van der Waals surface area contributed by atoms with Crippen molar-refractivity contribution in [3.63, 3.8) is 0 Å². The van der Waals surface area contributed by atoms with Crippen LogP contribution >= 0.6 is 7.67 Å². The second kappa shape index (κ2) is 30.2. The van der Waals surface area contributed by atoms with Crippen LogP contribution in [0.25, 0.3) is 0 Å². The summed E-state index contributed by atoms with van der Waals surface area (Å²) >= 11 is 0. The molecule has 0 aromatic heterocycles. The van der Waals surface area contributed by atoms with Gasteiger partial charge >= 0.3 is 13.6 Å². The van der Waals surface area contributed by atoms with E-state index in [0.29, 0.717) is 26.1 Å². The van der Waals surface area contributed by atoms with Gasteiger partial charge < -0.3 is 19.1 Å². The highest BCUT2D eigenvalue weighted by Gasteiger charge is 2.21. The smallest absolute Gasteiger partial charge is 0.340 e. The lowest BCUT2D eigenvalue weighted by atomic mass is 10.0. The van der Waals surface area contributed by atoms with Gasteiger partial charge in [-0.15, -0.1) is 0 Å². The first kappa shape index (κ1) is 42.5. The van der Waals surface area contributed by atoms with Crippen molar-refractivity contribution in [2.75, 3.05) is 61.0 Å². The summed E-state index contributed by atoms with van der Waals surface area (Å²) in [4.78, 5) is 16.9. The van der Waals surface area contributed by atoms with E-state index in [1.165, 1.54) is 64.2 Å². The predicted molar refractivity (Wildman–Crippen MR) is 185 cm³/mol. The van der Waals surface area contributed by atoms with Crippen molar-refractivity contribution >= 4 is 13.6 Å². The van der Waals surface area contributed by atoms with E-state index in [1.807, 2.05) is 28.2 Å². The van der Waals surface area contributed by atoms with Crippen LogP contribution in [0.3, 0.4) is 0 Å². The molecule has 9 heteroatoms. The van der Waals surface area contributed by atoms with Crippen molar-refractivity contribution in [1.29, 1.82) is 0 Å². The Balaban J connectivity index is 4.36. The number of nitrogens with zero attached hydrogens (tertiary/aromatic N) is 2. The summed E-state index contributed by atoms with van der Waals surface area (Å²) < 4.78 is 25.2. The molecule has 0 aliphatic carbocycles. The molecule has 258 valence electrons. The van der Waals surface area contributed by atoms with Crippen LogP contribution in [0.1, 0.15) is 149 Å². The molecule has 2 N–H and O–H groups in total. The van der Waals surface area contributed by atoms with Crippen LogP contribution < -0.4 is 10.2 Å². The van der Waals surface area contributed by atoms with E-state index in [9.17, 15) is 9.36 Å². The summed E-state index contributed by atoms with van der Waals surface area (Å²) in [6.07, 6.45) is 23.2. The summed E-state index contributed by atoms with van der Waals surface area (Å²) in [5.74, 6) is -0.0356. The van der Waals surface area contributed by atoms with Gasteiger partial charge in [0.05, 0.1) is 6.61 Å².